The third kappa shape index (κ3) is 1.19. The van der Waals surface area contributed by atoms with Crippen molar-refractivity contribution in [2.24, 2.45) is 0 Å². The molecule has 0 amide bonds. The molecule has 0 radical (unpaired) electrons. The molecule has 76 valence electrons. The first-order valence-electron chi connectivity index (χ1n) is 5.32. The maximum atomic E-state index is 6.33. The van der Waals surface area contributed by atoms with E-state index in [-0.39, 0.29) is 0 Å². The predicted octanol–water partition coefficient (Wildman–Crippen LogP) is 1.91. The van der Waals surface area contributed by atoms with Crippen molar-refractivity contribution in [1.82, 2.24) is 15.1 Å². The molecule has 14 heavy (non-hydrogen) atoms. The highest BCUT2D eigenvalue weighted by Crippen LogP contribution is 2.40. The monoisotopic (exact) mass is 211 g/mol. The van der Waals surface area contributed by atoms with Crippen LogP contribution in [0.3, 0.4) is 0 Å². The fraction of sp³-hybridized carbons (Fsp3) is 0.700. The quantitative estimate of drug-likeness (QED) is 0.769. The highest BCUT2D eigenvalue weighted by atomic mass is 35.5. The van der Waals surface area contributed by atoms with E-state index in [1.807, 2.05) is 0 Å². The molecule has 0 aromatic carbocycles. The average Bonchev–Trinajstić information content (AvgIpc) is 2.43. The second-order valence-corrected chi connectivity index (χ2v) is 4.55. The highest BCUT2D eigenvalue weighted by Gasteiger charge is 2.28. The summed E-state index contributed by atoms with van der Waals surface area (Å²) in [5, 5.41) is 8.86. The van der Waals surface area contributed by atoms with E-state index in [0.717, 1.165) is 30.4 Å². The number of hydrogen-bond donors (Lipinski definition) is 1. The van der Waals surface area contributed by atoms with Crippen LogP contribution < -0.4 is 5.32 Å². The minimum Gasteiger partial charge on any atom is -0.309 e. The van der Waals surface area contributed by atoms with Crippen molar-refractivity contribution in [3.63, 3.8) is 0 Å². The van der Waals surface area contributed by atoms with Crippen LogP contribution in [0, 0.1) is 0 Å². The summed E-state index contributed by atoms with van der Waals surface area (Å²) in [4.78, 5) is 0. The number of hydrogen-bond acceptors (Lipinski definition) is 2. The van der Waals surface area contributed by atoms with Gasteiger partial charge in [-0.25, -0.2) is 0 Å². The summed E-state index contributed by atoms with van der Waals surface area (Å²) < 4.78 is 2.08. The molecule has 1 aliphatic heterocycles. The summed E-state index contributed by atoms with van der Waals surface area (Å²) >= 11 is 6.33. The molecule has 1 aliphatic carbocycles. The molecule has 0 unspecified atom stereocenters. The van der Waals surface area contributed by atoms with Crippen molar-refractivity contribution < 1.29 is 0 Å². The lowest BCUT2D eigenvalue weighted by atomic mass is 9.83. The van der Waals surface area contributed by atoms with E-state index in [1.54, 1.807) is 0 Å². The van der Waals surface area contributed by atoms with Crippen LogP contribution in [0.15, 0.2) is 0 Å². The molecule has 1 saturated carbocycles. The van der Waals surface area contributed by atoms with E-state index in [1.165, 1.54) is 25.0 Å². The third-order valence-electron chi connectivity index (χ3n) is 3.30. The van der Waals surface area contributed by atoms with Crippen molar-refractivity contribution in [1.29, 1.82) is 0 Å². The lowest BCUT2D eigenvalue weighted by Gasteiger charge is -2.23. The molecule has 0 atom stereocenters. The average molecular weight is 212 g/mol. The van der Waals surface area contributed by atoms with Crippen molar-refractivity contribution in [2.75, 3.05) is 6.54 Å². The summed E-state index contributed by atoms with van der Waals surface area (Å²) in [6.45, 7) is 2.84. The first kappa shape index (κ1) is 8.74. The van der Waals surface area contributed by atoms with Gasteiger partial charge in [-0.2, -0.15) is 5.10 Å². The van der Waals surface area contributed by atoms with Gasteiger partial charge in [0.05, 0.1) is 23.0 Å². The van der Waals surface area contributed by atoms with Gasteiger partial charge in [0.25, 0.3) is 0 Å². The summed E-state index contributed by atoms with van der Waals surface area (Å²) in [6.07, 6.45) is 3.87. The lowest BCUT2D eigenvalue weighted by molar-refractivity contribution is 0.401. The molecule has 4 heteroatoms. The number of rotatable bonds is 1. The molecule has 0 saturated heterocycles. The molecule has 0 spiro atoms. The van der Waals surface area contributed by atoms with Gasteiger partial charge in [-0.3, -0.25) is 4.68 Å². The molecule has 3 nitrogen and oxygen atoms in total. The Bertz CT molecular complexity index is 354. The van der Waals surface area contributed by atoms with Gasteiger partial charge in [-0.1, -0.05) is 18.0 Å². The Balaban J connectivity index is 2.00. The minimum atomic E-state index is 0.639. The van der Waals surface area contributed by atoms with E-state index >= 15 is 0 Å². The van der Waals surface area contributed by atoms with E-state index in [2.05, 4.69) is 15.1 Å². The Hall–Kier alpha value is -0.540. The Morgan fingerprint density at radius 3 is 2.93 bits per heavy atom. The van der Waals surface area contributed by atoms with Crippen LogP contribution >= 0.6 is 11.6 Å². The fourth-order valence-electron chi connectivity index (χ4n) is 2.18. The third-order valence-corrected chi connectivity index (χ3v) is 3.71. The van der Waals surface area contributed by atoms with Crippen molar-refractivity contribution in [3.8, 4) is 0 Å². The first-order chi connectivity index (χ1) is 6.86. The zero-order valence-corrected chi connectivity index (χ0v) is 8.85. The summed E-state index contributed by atoms with van der Waals surface area (Å²) in [5.74, 6) is 0.639. The number of nitrogens with zero attached hydrogens (tertiary/aromatic N) is 2. The van der Waals surface area contributed by atoms with Gasteiger partial charge in [0, 0.05) is 19.0 Å². The van der Waals surface area contributed by atoms with E-state index in [0.29, 0.717) is 5.92 Å². The highest BCUT2D eigenvalue weighted by molar-refractivity contribution is 6.32. The molecule has 1 aromatic heterocycles. The molecular weight excluding hydrogens is 198 g/mol. The van der Waals surface area contributed by atoms with Crippen LogP contribution in [0.4, 0.5) is 0 Å². The molecule has 2 aliphatic rings. The van der Waals surface area contributed by atoms with E-state index in [9.17, 15) is 0 Å². The second-order valence-electron chi connectivity index (χ2n) is 4.17. The Morgan fingerprint density at radius 1 is 1.43 bits per heavy atom. The summed E-state index contributed by atoms with van der Waals surface area (Å²) in [7, 11) is 0. The first-order valence-corrected chi connectivity index (χ1v) is 5.70. The maximum absolute atomic E-state index is 6.33. The topological polar surface area (TPSA) is 29.9 Å². The number of aromatic nitrogens is 2. The van der Waals surface area contributed by atoms with Crippen LogP contribution in [0.1, 0.15) is 36.6 Å². The van der Waals surface area contributed by atoms with Gasteiger partial charge in [0.2, 0.25) is 0 Å². The van der Waals surface area contributed by atoms with Crippen LogP contribution in [0.25, 0.3) is 0 Å². The molecule has 1 N–H and O–H groups in total. The predicted molar refractivity (Wildman–Crippen MR) is 55.5 cm³/mol. The van der Waals surface area contributed by atoms with Crippen LogP contribution in [0.5, 0.6) is 0 Å². The largest absolute Gasteiger partial charge is 0.309 e. The van der Waals surface area contributed by atoms with Crippen LogP contribution in [0.2, 0.25) is 5.02 Å². The molecule has 1 aromatic rings. The Kier molecular flexibility index (Phi) is 2.03. The number of halogens is 1. The Morgan fingerprint density at radius 2 is 2.29 bits per heavy atom. The van der Waals surface area contributed by atoms with E-state index in [4.69, 9.17) is 11.6 Å². The van der Waals surface area contributed by atoms with Crippen LogP contribution in [-0.2, 0) is 13.1 Å². The van der Waals surface area contributed by atoms with Gasteiger partial charge in [-0.15, -0.1) is 0 Å². The summed E-state index contributed by atoms with van der Waals surface area (Å²) in [6, 6.07) is 0. The van der Waals surface area contributed by atoms with Gasteiger partial charge < -0.3 is 5.32 Å². The number of fused-ring (bicyclic) bond motifs is 1. The van der Waals surface area contributed by atoms with Gasteiger partial charge in [0.1, 0.15) is 0 Å². The Labute approximate surface area is 88.4 Å². The zero-order valence-electron chi connectivity index (χ0n) is 8.09. The van der Waals surface area contributed by atoms with Gasteiger partial charge in [-0.05, 0) is 12.8 Å². The molecule has 3 rings (SSSR count). The lowest BCUT2D eigenvalue weighted by Crippen LogP contribution is -2.28. The van der Waals surface area contributed by atoms with Crippen LogP contribution in [-0.4, -0.2) is 16.3 Å². The molecule has 1 fully saturated rings. The summed E-state index contributed by atoms with van der Waals surface area (Å²) in [5.41, 5.74) is 2.33. The zero-order chi connectivity index (χ0) is 9.54. The van der Waals surface area contributed by atoms with Gasteiger partial charge in [0.15, 0.2) is 0 Å². The normalized spacial score (nSPS) is 21.8. The van der Waals surface area contributed by atoms with Crippen molar-refractivity contribution in [3.05, 3.63) is 16.4 Å². The SMILES string of the molecule is Clc1c(C2CCC2)nn2c1CNCC2. The maximum Gasteiger partial charge on any atom is 0.0866 e. The van der Waals surface area contributed by atoms with Crippen molar-refractivity contribution in [2.45, 2.75) is 38.3 Å². The smallest absolute Gasteiger partial charge is 0.0866 e. The minimum absolute atomic E-state index is 0.639. The molecular formula is C10H14ClN3. The number of nitrogens with one attached hydrogen (secondary N) is 1. The standard InChI is InChI=1S/C10H14ClN3/c11-9-8-6-12-4-5-14(8)13-10(9)7-2-1-3-7/h7,12H,1-6H2. The molecule has 0 bridgehead atoms. The fourth-order valence-corrected chi connectivity index (χ4v) is 2.54. The van der Waals surface area contributed by atoms with E-state index < -0.39 is 0 Å². The second kappa shape index (κ2) is 3.24. The molecule has 2 heterocycles. The van der Waals surface area contributed by atoms with Gasteiger partial charge >= 0.3 is 0 Å². The van der Waals surface area contributed by atoms with Crippen molar-refractivity contribution >= 4 is 11.6 Å².